The zero-order valence-corrected chi connectivity index (χ0v) is 9.75. The lowest BCUT2D eigenvalue weighted by Gasteiger charge is -2.23. The van der Waals surface area contributed by atoms with Gasteiger partial charge in [0.05, 0.1) is 16.4 Å². The number of nitrogens with one attached hydrogen (secondary N) is 2. The lowest BCUT2D eigenvalue weighted by atomic mass is 10.1. The number of para-hydroxylation sites is 1. The topological polar surface area (TPSA) is 84.2 Å². The number of carbonyl (C=O) groups is 2. The SMILES string of the molecule is Nc1c(Cl)cccc1NC1CCC(=O)NC1=O. The van der Waals surface area contributed by atoms with E-state index in [0.29, 0.717) is 29.2 Å². The van der Waals surface area contributed by atoms with Gasteiger partial charge in [-0.2, -0.15) is 0 Å². The second kappa shape index (κ2) is 4.63. The maximum Gasteiger partial charge on any atom is 0.249 e. The summed E-state index contributed by atoms with van der Waals surface area (Å²) in [6.45, 7) is 0. The number of nitrogens with two attached hydrogens (primary N) is 1. The number of imide groups is 1. The minimum absolute atomic E-state index is 0.243. The van der Waals surface area contributed by atoms with E-state index in [4.69, 9.17) is 17.3 Å². The van der Waals surface area contributed by atoms with Gasteiger partial charge in [0.25, 0.3) is 0 Å². The third-order valence-corrected chi connectivity index (χ3v) is 2.95. The number of anilines is 2. The Bertz CT molecular complexity index is 476. The van der Waals surface area contributed by atoms with Crippen LogP contribution in [0.25, 0.3) is 0 Å². The summed E-state index contributed by atoms with van der Waals surface area (Å²) in [5.41, 5.74) is 6.78. The predicted octanol–water partition coefficient (Wildman–Crippen LogP) is 1.14. The number of hydrogen-bond donors (Lipinski definition) is 3. The van der Waals surface area contributed by atoms with Crippen molar-refractivity contribution in [3.63, 3.8) is 0 Å². The maximum absolute atomic E-state index is 11.5. The molecule has 1 heterocycles. The van der Waals surface area contributed by atoms with Crippen LogP contribution in [0, 0.1) is 0 Å². The van der Waals surface area contributed by atoms with Crippen LogP contribution in [0.4, 0.5) is 11.4 Å². The zero-order valence-electron chi connectivity index (χ0n) is 9.00. The van der Waals surface area contributed by atoms with Crippen molar-refractivity contribution >= 4 is 34.8 Å². The minimum Gasteiger partial charge on any atom is -0.396 e. The van der Waals surface area contributed by atoms with E-state index in [1.54, 1.807) is 18.2 Å². The van der Waals surface area contributed by atoms with Crippen LogP contribution in [0.5, 0.6) is 0 Å². The summed E-state index contributed by atoms with van der Waals surface area (Å²) in [6, 6.07) is 4.71. The molecule has 17 heavy (non-hydrogen) atoms. The normalized spacial score (nSPS) is 19.9. The van der Waals surface area contributed by atoms with E-state index < -0.39 is 6.04 Å². The van der Waals surface area contributed by atoms with Crippen molar-refractivity contribution in [3.8, 4) is 0 Å². The Balaban J connectivity index is 2.13. The summed E-state index contributed by atoms with van der Waals surface area (Å²) >= 11 is 5.87. The Kier molecular flexibility index (Phi) is 3.19. The van der Waals surface area contributed by atoms with E-state index in [1.807, 2.05) is 0 Å². The van der Waals surface area contributed by atoms with Crippen LogP contribution >= 0.6 is 11.6 Å². The predicted molar refractivity (Wildman–Crippen MR) is 65.7 cm³/mol. The van der Waals surface area contributed by atoms with E-state index in [-0.39, 0.29) is 11.8 Å². The lowest BCUT2D eigenvalue weighted by Crippen LogP contribution is -2.47. The molecule has 4 N–H and O–H groups in total. The Morgan fingerprint density at radius 1 is 1.41 bits per heavy atom. The van der Waals surface area contributed by atoms with Crippen LogP contribution < -0.4 is 16.4 Å². The van der Waals surface area contributed by atoms with E-state index in [0.717, 1.165) is 0 Å². The van der Waals surface area contributed by atoms with Crippen LogP contribution in [-0.4, -0.2) is 17.9 Å². The molecule has 0 spiro atoms. The number of amides is 2. The molecule has 0 bridgehead atoms. The van der Waals surface area contributed by atoms with Gasteiger partial charge in [-0.25, -0.2) is 0 Å². The molecule has 1 aromatic carbocycles. The molecule has 0 aromatic heterocycles. The lowest BCUT2D eigenvalue weighted by molar-refractivity contribution is -0.133. The second-order valence-corrected chi connectivity index (χ2v) is 4.26. The molecular weight excluding hydrogens is 242 g/mol. The van der Waals surface area contributed by atoms with Crippen LogP contribution in [0.1, 0.15) is 12.8 Å². The Hall–Kier alpha value is -1.75. The van der Waals surface area contributed by atoms with E-state index in [9.17, 15) is 9.59 Å². The summed E-state index contributed by atoms with van der Waals surface area (Å²) in [4.78, 5) is 22.5. The highest BCUT2D eigenvalue weighted by atomic mass is 35.5. The molecule has 1 aliphatic rings. The monoisotopic (exact) mass is 253 g/mol. The number of halogens is 1. The quantitative estimate of drug-likeness (QED) is 0.545. The van der Waals surface area contributed by atoms with Crippen molar-refractivity contribution in [2.45, 2.75) is 18.9 Å². The fraction of sp³-hybridized carbons (Fsp3) is 0.273. The van der Waals surface area contributed by atoms with Crippen LogP contribution in [-0.2, 0) is 9.59 Å². The van der Waals surface area contributed by atoms with Gasteiger partial charge in [0.1, 0.15) is 6.04 Å². The smallest absolute Gasteiger partial charge is 0.249 e. The standard InChI is InChI=1S/C11H12ClN3O2/c12-6-2-1-3-7(10(6)13)14-8-4-5-9(16)15-11(8)17/h1-3,8,14H,4-5,13H2,(H,15,16,17). The van der Waals surface area contributed by atoms with Gasteiger partial charge in [0.15, 0.2) is 0 Å². The molecule has 0 aliphatic carbocycles. The summed E-state index contributed by atoms with van der Waals surface area (Å²) in [5, 5.41) is 5.69. The van der Waals surface area contributed by atoms with Crippen LogP contribution in [0.3, 0.4) is 0 Å². The van der Waals surface area contributed by atoms with E-state index in [1.165, 1.54) is 0 Å². The van der Waals surface area contributed by atoms with Gasteiger partial charge in [0.2, 0.25) is 11.8 Å². The number of nitrogen functional groups attached to an aromatic ring is 1. The average Bonchev–Trinajstić information content (AvgIpc) is 2.28. The van der Waals surface area contributed by atoms with Crippen molar-refractivity contribution in [1.29, 1.82) is 0 Å². The first-order valence-electron chi connectivity index (χ1n) is 5.22. The fourth-order valence-electron chi connectivity index (χ4n) is 1.68. The summed E-state index contributed by atoms with van der Waals surface area (Å²) in [7, 11) is 0. The van der Waals surface area contributed by atoms with Gasteiger partial charge in [-0.3, -0.25) is 14.9 Å². The molecule has 5 nitrogen and oxygen atoms in total. The minimum atomic E-state index is -0.450. The fourth-order valence-corrected chi connectivity index (χ4v) is 1.86. The van der Waals surface area contributed by atoms with Gasteiger partial charge in [-0.15, -0.1) is 0 Å². The molecule has 90 valence electrons. The first-order valence-corrected chi connectivity index (χ1v) is 5.60. The van der Waals surface area contributed by atoms with Crippen molar-refractivity contribution < 1.29 is 9.59 Å². The van der Waals surface area contributed by atoms with Crippen molar-refractivity contribution in [1.82, 2.24) is 5.32 Å². The van der Waals surface area contributed by atoms with E-state index >= 15 is 0 Å². The number of hydrogen-bond acceptors (Lipinski definition) is 4. The second-order valence-electron chi connectivity index (χ2n) is 3.85. The van der Waals surface area contributed by atoms with Crippen molar-refractivity contribution in [3.05, 3.63) is 23.2 Å². The summed E-state index contributed by atoms with van der Waals surface area (Å²) in [5.74, 6) is -0.576. The molecule has 1 aromatic rings. The molecule has 0 radical (unpaired) electrons. The number of piperidine rings is 1. The molecule has 1 aliphatic heterocycles. The number of benzene rings is 1. The molecule has 1 saturated heterocycles. The molecule has 1 fully saturated rings. The Morgan fingerprint density at radius 2 is 2.18 bits per heavy atom. The third kappa shape index (κ3) is 2.50. The highest BCUT2D eigenvalue weighted by Crippen LogP contribution is 2.28. The maximum atomic E-state index is 11.5. The summed E-state index contributed by atoms with van der Waals surface area (Å²) in [6.07, 6.45) is 0.778. The van der Waals surface area contributed by atoms with Gasteiger partial charge in [-0.1, -0.05) is 17.7 Å². The molecule has 2 rings (SSSR count). The van der Waals surface area contributed by atoms with Crippen molar-refractivity contribution in [2.75, 3.05) is 11.1 Å². The summed E-state index contributed by atoms with van der Waals surface area (Å²) < 4.78 is 0. The Morgan fingerprint density at radius 3 is 2.88 bits per heavy atom. The van der Waals surface area contributed by atoms with Crippen LogP contribution in [0.2, 0.25) is 5.02 Å². The van der Waals surface area contributed by atoms with Gasteiger partial charge in [0, 0.05) is 6.42 Å². The highest BCUT2D eigenvalue weighted by molar-refractivity contribution is 6.33. The van der Waals surface area contributed by atoms with Crippen molar-refractivity contribution in [2.24, 2.45) is 0 Å². The largest absolute Gasteiger partial charge is 0.396 e. The highest BCUT2D eigenvalue weighted by Gasteiger charge is 2.26. The van der Waals surface area contributed by atoms with E-state index in [2.05, 4.69) is 10.6 Å². The first-order chi connectivity index (χ1) is 8.08. The molecule has 0 saturated carbocycles. The zero-order chi connectivity index (χ0) is 12.4. The van der Waals surface area contributed by atoms with Crippen LogP contribution in [0.15, 0.2) is 18.2 Å². The molecule has 1 atom stereocenters. The first kappa shape index (κ1) is 11.7. The third-order valence-electron chi connectivity index (χ3n) is 2.62. The average molecular weight is 254 g/mol. The van der Waals surface area contributed by atoms with Gasteiger partial charge in [-0.05, 0) is 18.6 Å². The van der Waals surface area contributed by atoms with Gasteiger partial charge >= 0.3 is 0 Å². The Labute approximate surface area is 103 Å². The molecular formula is C11H12ClN3O2. The number of carbonyl (C=O) groups excluding carboxylic acids is 2. The van der Waals surface area contributed by atoms with Gasteiger partial charge < -0.3 is 11.1 Å². The number of rotatable bonds is 2. The molecule has 1 unspecified atom stereocenters. The molecule has 6 heteroatoms. The molecule has 2 amide bonds.